The molecule has 0 fully saturated rings. The molecule has 0 saturated heterocycles. The molecule has 1 N–H and O–H groups in total. The van der Waals surface area contributed by atoms with Crippen molar-refractivity contribution in [2.75, 3.05) is 0 Å². The normalized spacial score (nSPS) is 10.2. The topological polar surface area (TPSA) is 59.7 Å². The van der Waals surface area contributed by atoms with Crippen LogP contribution in [-0.2, 0) is 13.2 Å². The maximum Gasteiger partial charge on any atom is 0.227 e. The van der Waals surface area contributed by atoms with Crippen molar-refractivity contribution in [1.29, 1.82) is 0 Å². The van der Waals surface area contributed by atoms with Gasteiger partial charge < -0.3 is 14.3 Å². The number of benzene rings is 1. The first-order valence-corrected chi connectivity index (χ1v) is 5.19. The van der Waals surface area contributed by atoms with Gasteiger partial charge in [-0.25, -0.2) is 0 Å². The van der Waals surface area contributed by atoms with Gasteiger partial charge in [0.1, 0.15) is 13.2 Å². The molecule has 0 atom stereocenters. The average Bonchev–Trinajstić information content (AvgIpc) is 2.38. The molecule has 4 nitrogen and oxygen atoms in total. The Kier molecular flexibility index (Phi) is 3.57. The lowest BCUT2D eigenvalue weighted by molar-refractivity contribution is 0.218. The monoisotopic (exact) mass is 232 g/mol. The van der Waals surface area contributed by atoms with E-state index < -0.39 is 0 Å². The molecule has 0 aliphatic carbocycles. The van der Waals surface area contributed by atoms with Gasteiger partial charge in [0, 0.05) is 6.07 Å². The Labute approximate surface area is 98.1 Å². The molecule has 0 unspecified atom stereocenters. The predicted molar refractivity (Wildman–Crippen MR) is 61.7 cm³/mol. The molecule has 2 rings (SSSR count). The second kappa shape index (κ2) is 5.32. The Balaban J connectivity index is 2.17. The third-order valence-electron chi connectivity index (χ3n) is 2.28. The summed E-state index contributed by atoms with van der Waals surface area (Å²) in [5.41, 5.74) is 0.649. The van der Waals surface area contributed by atoms with Gasteiger partial charge in [0.2, 0.25) is 11.2 Å². The van der Waals surface area contributed by atoms with Crippen LogP contribution in [0.1, 0.15) is 11.3 Å². The van der Waals surface area contributed by atoms with Crippen molar-refractivity contribution in [3.63, 3.8) is 0 Å². The quantitative estimate of drug-likeness (QED) is 0.871. The first-order chi connectivity index (χ1) is 8.31. The highest BCUT2D eigenvalue weighted by molar-refractivity contribution is 5.24. The summed E-state index contributed by atoms with van der Waals surface area (Å²) in [7, 11) is 0. The van der Waals surface area contributed by atoms with E-state index in [4.69, 9.17) is 14.3 Å². The highest BCUT2D eigenvalue weighted by Crippen LogP contribution is 2.14. The van der Waals surface area contributed by atoms with E-state index in [9.17, 15) is 4.79 Å². The first kappa shape index (κ1) is 11.4. The summed E-state index contributed by atoms with van der Waals surface area (Å²) in [4.78, 5) is 11.5. The van der Waals surface area contributed by atoms with Gasteiger partial charge in [0.05, 0.1) is 6.26 Å². The Bertz CT molecular complexity index is 531. The predicted octanol–water partition coefficient (Wildman–Crippen LogP) is 1.71. The van der Waals surface area contributed by atoms with Crippen molar-refractivity contribution in [3.05, 3.63) is 64.2 Å². The van der Waals surface area contributed by atoms with Crippen LogP contribution >= 0.6 is 0 Å². The third-order valence-corrected chi connectivity index (χ3v) is 2.28. The first-order valence-electron chi connectivity index (χ1n) is 5.19. The minimum Gasteiger partial charge on any atom is -0.482 e. The van der Waals surface area contributed by atoms with Gasteiger partial charge in [-0.1, -0.05) is 30.3 Å². The fourth-order valence-electron chi connectivity index (χ4n) is 1.44. The van der Waals surface area contributed by atoms with Gasteiger partial charge in [-0.05, 0) is 5.56 Å². The van der Waals surface area contributed by atoms with Gasteiger partial charge in [0.25, 0.3) is 0 Å². The summed E-state index contributed by atoms with van der Waals surface area (Å²) in [6.45, 7) is -0.0944. The maximum atomic E-state index is 11.5. The lowest BCUT2D eigenvalue weighted by atomic mass is 10.2. The largest absolute Gasteiger partial charge is 0.482 e. The Morgan fingerprint density at radius 3 is 2.65 bits per heavy atom. The molecule has 2 aromatic rings. The molecular formula is C13H12O4. The summed E-state index contributed by atoms with van der Waals surface area (Å²) >= 11 is 0. The molecule has 0 saturated carbocycles. The van der Waals surface area contributed by atoms with Gasteiger partial charge in [-0.3, -0.25) is 4.79 Å². The number of hydrogen-bond donors (Lipinski definition) is 1. The van der Waals surface area contributed by atoms with Gasteiger partial charge in [0.15, 0.2) is 5.76 Å². The zero-order valence-corrected chi connectivity index (χ0v) is 9.13. The molecule has 0 aliphatic heterocycles. The van der Waals surface area contributed by atoms with Crippen LogP contribution in [0.4, 0.5) is 0 Å². The molecule has 1 aromatic carbocycles. The minimum absolute atomic E-state index is 0.0684. The molecule has 0 radical (unpaired) electrons. The van der Waals surface area contributed by atoms with E-state index in [0.717, 1.165) is 5.56 Å². The maximum absolute atomic E-state index is 11.5. The highest BCUT2D eigenvalue weighted by atomic mass is 16.5. The van der Waals surface area contributed by atoms with E-state index in [1.165, 1.54) is 12.3 Å². The molecule has 17 heavy (non-hydrogen) atoms. The van der Waals surface area contributed by atoms with Crippen LogP contribution in [0.15, 0.2) is 51.9 Å². The lowest BCUT2D eigenvalue weighted by Crippen LogP contribution is -2.09. The van der Waals surface area contributed by atoms with Crippen molar-refractivity contribution in [2.45, 2.75) is 13.2 Å². The van der Waals surface area contributed by atoms with E-state index in [-0.39, 0.29) is 30.2 Å². The van der Waals surface area contributed by atoms with Crippen LogP contribution in [0.2, 0.25) is 0 Å². The van der Waals surface area contributed by atoms with E-state index in [1.54, 1.807) is 0 Å². The van der Waals surface area contributed by atoms with Crippen molar-refractivity contribution in [1.82, 2.24) is 0 Å². The fraction of sp³-hybridized carbons (Fsp3) is 0.154. The van der Waals surface area contributed by atoms with E-state index in [1.807, 2.05) is 30.3 Å². The van der Waals surface area contributed by atoms with Crippen molar-refractivity contribution < 1.29 is 14.3 Å². The summed E-state index contributed by atoms with van der Waals surface area (Å²) < 4.78 is 10.4. The van der Waals surface area contributed by atoms with E-state index >= 15 is 0 Å². The zero-order valence-electron chi connectivity index (χ0n) is 9.13. The molecule has 0 spiro atoms. The second-order valence-corrected chi connectivity index (χ2v) is 3.47. The smallest absolute Gasteiger partial charge is 0.227 e. The molecule has 1 aromatic heterocycles. The van der Waals surface area contributed by atoms with Gasteiger partial charge in [-0.2, -0.15) is 0 Å². The molecule has 88 valence electrons. The van der Waals surface area contributed by atoms with Crippen LogP contribution in [-0.4, -0.2) is 5.11 Å². The van der Waals surface area contributed by atoms with E-state index in [2.05, 4.69) is 0 Å². The number of aliphatic hydroxyl groups excluding tert-OH is 1. The molecule has 4 heteroatoms. The molecule has 0 aliphatic rings. The fourth-order valence-corrected chi connectivity index (χ4v) is 1.44. The summed E-state index contributed by atoms with van der Waals surface area (Å²) in [6, 6.07) is 10.7. The van der Waals surface area contributed by atoms with Gasteiger partial charge in [-0.15, -0.1) is 0 Å². The lowest BCUT2D eigenvalue weighted by Gasteiger charge is -2.07. The van der Waals surface area contributed by atoms with Crippen LogP contribution < -0.4 is 10.2 Å². The van der Waals surface area contributed by atoms with Crippen LogP contribution in [0.5, 0.6) is 5.75 Å². The van der Waals surface area contributed by atoms with Crippen molar-refractivity contribution >= 4 is 0 Å². The minimum atomic E-state index is -0.361. The summed E-state index contributed by atoms with van der Waals surface area (Å²) in [5, 5.41) is 9.03. The van der Waals surface area contributed by atoms with Gasteiger partial charge >= 0.3 is 0 Å². The Hall–Kier alpha value is -2.07. The van der Waals surface area contributed by atoms with Crippen LogP contribution in [0.25, 0.3) is 0 Å². The summed E-state index contributed by atoms with van der Waals surface area (Å²) in [6.07, 6.45) is 1.24. The number of rotatable bonds is 4. The number of hydrogen-bond acceptors (Lipinski definition) is 4. The molecule has 0 bridgehead atoms. The SMILES string of the molecule is O=c1ccoc(CO)c1OCc1ccccc1. The van der Waals surface area contributed by atoms with E-state index in [0.29, 0.717) is 0 Å². The third kappa shape index (κ3) is 2.73. The molecule has 1 heterocycles. The highest BCUT2D eigenvalue weighted by Gasteiger charge is 2.09. The number of ether oxygens (including phenoxy) is 1. The second-order valence-electron chi connectivity index (χ2n) is 3.47. The summed E-state index contributed by atoms with van der Waals surface area (Å²) in [5.74, 6) is 0.215. The Morgan fingerprint density at radius 2 is 1.94 bits per heavy atom. The standard InChI is InChI=1S/C13H12O4/c14-8-12-13(11(15)6-7-16-12)17-9-10-4-2-1-3-5-10/h1-7,14H,8-9H2. The van der Waals surface area contributed by atoms with Crippen LogP contribution in [0.3, 0.4) is 0 Å². The van der Waals surface area contributed by atoms with Crippen molar-refractivity contribution in [2.24, 2.45) is 0 Å². The molecule has 0 amide bonds. The zero-order chi connectivity index (χ0) is 12.1. The van der Waals surface area contributed by atoms with Crippen molar-refractivity contribution in [3.8, 4) is 5.75 Å². The molecular weight excluding hydrogens is 220 g/mol. The number of aliphatic hydroxyl groups is 1. The van der Waals surface area contributed by atoms with Crippen LogP contribution in [0, 0.1) is 0 Å². The average molecular weight is 232 g/mol. The Morgan fingerprint density at radius 1 is 1.18 bits per heavy atom.